The Morgan fingerprint density at radius 3 is 2.58 bits per heavy atom. The van der Waals surface area contributed by atoms with Crippen LogP contribution in [-0.4, -0.2) is 39.9 Å². The molecule has 1 aliphatic rings. The largest absolute Gasteiger partial charge is 0.360 e. The van der Waals surface area contributed by atoms with Crippen molar-refractivity contribution in [2.45, 2.75) is 32.6 Å². The lowest BCUT2D eigenvalue weighted by Crippen LogP contribution is -2.32. The minimum atomic E-state index is -0.422. The zero-order chi connectivity index (χ0) is 16.9. The lowest BCUT2D eigenvalue weighted by Gasteiger charge is -2.20. The summed E-state index contributed by atoms with van der Waals surface area (Å²) in [7, 11) is 0. The van der Waals surface area contributed by atoms with Gasteiger partial charge in [0.1, 0.15) is 11.5 Å². The molecule has 7 heteroatoms. The number of hydrogen-bond acceptors (Lipinski definition) is 5. The lowest BCUT2D eigenvalue weighted by molar-refractivity contribution is 0.0761. The molecular weight excluding hydrogens is 308 g/mol. The van der Waals surface area contributed by atoms with Gasteiger partial charge >= 0.3 is 0 Å². The van der Waals surface area contributed by atoms with Gasteiger partial charge in [-0.25, -0.2) is 0 Å². The van der Waals surface area contributed by atoms with Gasteiger partial charge in [0.05, 0.1) is 0 Å². The molecule has 0 spiro atoms. The van der Waals surface area contributed by atoms with Crippen LogP contribution in [0, 0.1) is 6.92 Å². The molecule has 0 unspecified atom stereocenters. The first-order chi connectivity index (χ1) is 11.6. The second kappa shape index (κ2) is 7.25. The molecule has 2 amide bonds. The fourth-order valence-corrected chi connectivity index (χ4v) is 2.75. The first kappa shape index (κ1) is 16.2. The molecule has 2 aromatic heterocycles. The molecule has 7 nitrogen and oxygen atoms in total. The Morgan fingerprint density at radius 1 is 1.17 bits per heavy atom. The van der Waals surface area contributed by atoms with Crippen LogP contribution in [0.2, 0.25) is 0 Å². The van der Waals surface area contributed by atoms with E-state index in [0.717, 1.165) is 38.8 Å². The molecule has 1 N–H and O–H groups in total. The molecule has 0 bridgehead atoms. The number of hydrogen-bond donors (Lipinski definition) is 1. The fraction of sp³-hybridized carbons (Fsp3) is 0.412. The molecule has 3 rings (SSSR count). The number of aromatic nitrogens is 2. The Kier molecular flexibility index (Phi) is 4.88. The predicted octanol–water partition coefficient (Wildman–Crippen LogP) is 2.65. The van der Waals surface area contributed by atoms with Crippen LogP contribution in [0.4, 0.5) is 5.82 Å². The van der Waals surface area contributed by atoms with Crippen LogP contribution < -0.4 is 5.32 Å². The predicted molar refractivity (Wildman–Crippen MR) is 87.8 cm³/mol. The monoisotopic (exact) mass is 328 g/mol. The molecular formula is C17H20N4O3. The summed E-state index contributed by atoms with van der Waals surface area (Å²) in [5.74, 6) is 0.450. The van der Waals surface area contributed by atoms with E-state index in [-0.39, 0.29) is 11.6 Å². The maximum Gasteiger partial charge on any atom is 0.275 e. The first-order valence-corrected chi connectivity index (χ1v) is 8.13. The van der Waals surface area contributed by atoms with Crippen molar-refractivity contribution in [2.75, 3.05) is 18.4 Å². The molecule has 2 aromatic rings. The number of nitrogens with one attached hydrogen (secondary N) is 1. The summed E-state index contributed by atoms with van der Waals surface area (Å²) in [6, 6.07) is 4.78. The Balaban J connectivity index is 1.73. The Labute approximate surface area is 140 Å². The smallest absolute Gasteiger partial charge is 0.275 e. The van der Waals surface area contributed by atoms with Gasteiger partial charge in [-0.05, 0) is 31.9 Å². The van der Waals surface area contributed by atoms with Crippen molar-refractivity contribution in [3.8, 4) is 0 Å². The number of carbonyl (C=O) groups is 2. The number of amides is 2. The number of likely N-dealkylation sites (tertiary alicyclic amines) is 1. The topological polar surface area (TPSA) is 88.3 Å². The van der Waals surface area contributed by atoms with E-state index in [9.17, 15) is 9.59 Å². The molecule has 0 saturated carbocycles. The molecule has 1 saturated heterocycles. The highest BCUT2D eigenvalue weighted by molar-refractivity contribution is 6.04. The molecule has 0 aromatic carbocycles. The summed E-state index contributed by atoms with van der Waals surface area (Å²) in [6.45, 7) is 3.27. The summed E-state index contributed by atoms with van der Waals surface area (Å²) < 4.78 is 4.91. The van der Waals surface area contributed by atoms with E-state index >= 15 is 0 Å². The summed E-state index contributed by atoms with van der Waals surface area (Å²) in [4.78, 5) is 30.8. The number of pyridine rings is 1. The number of aryl methyl sites for hydroxylation is 1. The van der Waals surface area contributed by atoms with Gasteiger partial charge in [0.15, 0.2) is 5.82 Å². The van der Waals surface area contributed by atoms with Crippen LogP contribution in [-0.2, 0) is 0 Å². The molecule has 3 heterocycles. The lowest BCUT2D eigenvalue weighted by atomic mass is 10.2. The van der Waals surface area contributed by atoms with E-state index in [1.807, 2.05) is 4.90 Å². The summed E-state index contributed by atoms with van der Waals surface area (Å²) in [5, 5.41) is 6.32. The zero-order valence-electron chi connectivity index (χ0n) is 13.6. The van der Waals surface area contributed by atoms with Gasteiger partial charge in [-0.2, -0.15) is 0 Å². The quantitative estimate of drug-likeness (QED) is 0.935. The van der Waals surface area contributed by atoms with Gasteiger partial charge in [0.25, 0.3) is 11.8 Å². The highest BCUT2D eigenvalue weighted by Crippen LogP contribution is 2.14. The Hall–Kier alpha value is -2.70. The van der Waals surface area contributed by atoms with Gasteiger partial charge in [0.2, 0.25) is 0 Å². The van der Waals surface area contributed by atoms with Crippen molar-refractivity contribution in [1.29, 1.82) is 0 Å². The zero-order valence-corrected chi connectivity index (χ0v) is 13.6. The van der Waals surface area contributed by atoms with E-state index in [0.29, 0.717) is 17.1 Å². The van der Waals surface area contributed by atoms with Gasteiger partial charge < -0.3 is 14.7 Å². The fourth-order valence-electron chi connectivity index (χ4n) is 2.75. The van der Waals surface area contributed by atoms with Gasteiger partial charge in [-0.3, -0.25) is 14.6 Å². The van der Waals surface area contributed by atoms with Crippen LogP contribution in [0.5, 0.6) is 0 Å². The van der Waals surface area contributed by atoms with Crippen LogP contribution in [0.15, 0.2) is 28.9 Å². The number of anilines is 1. The van der Waals surface area contributed by atoms with Gasteiger partial charge in [0, 0.05) is 30.9 Å². The van der Waals surface area contributed by atoms with E-state index in [1.165, 1.54) is 12.3 Å². The van der Waals surface area contributed by atoms with Crippen molar-refractivity contribution in [3.63, 3.8) is 0 Å². The second-order valence-electron chi connectivity index (χ2n) is 5.91. The average molecular weight is 328 g/mol. The molecule has 1 fully saturated rings. The third-order valence-electron chi connectivity index (χ3n) is 4.00. The van der Waals surface area contributed by atoms with Crippen molar-refractivity contribution < 1.29 is 14.1 Å². The number of rotatable bonds is 3. The van der Waals surface area contributed by atoms with Gasteiger partial charge in [-0.1, -0.05) is 18.0 Å². The molecule has 126 valence electrons. The van der Waals surface area contributed by atoms with Crippen LogP contribution in [0.1, 0.15) is 52.3 Å². The Morgan fingerprint density at radius 2 is 1.92 bits per heavy atom. The van der Waals surface area contributed by atoms with E-state index < -0.39 is 5.91 Å². The highest BCUT2D eigenvalue weighted by atomic mass is 16.5. The molecule has 0 atom stereocenters. The summed E-state index contributed by atoms with van der Waals surface area (Å²) in [6.07, 6.45) is 5.84. The van der Waals surface area contributed by atoms with Crippen molar-refractivity contribution >= 4 is 17.6 Å². The van der Waals surface area contributed by atoms with E-state index in [1.54, 1.807) is 19.1 Å². The summed E-state index contributed by atoms with van der Waals surface area (Å²) >= 11 is 0. The average Bonchev–Trinajstić information content (AvgIpc) is 2.84. The third-order valence-corrected chi connectivity index (χ3v) is 4.00. The second-order valence-corrected chi connectivity index (χ2v) is 5.91. The maximum absolute atomic E-state index is 12.6. The van der Waals surface area contributed by atoms with Crippen molar-refractivity contribution in [2.24, 2.45) is 0 Å². The van der Waals surface area contributed by atoms with Crippen LogP contribution >= 0.6 is 0 Å². The third kappa shape index (κ3) is 3.79. The molecule has 0 radical (unpaired) electrons. The van der Waals surface area contributed by atoms with Crippen LogP contribution in [0.25, 0.3) is 0 Å². The summed E-state index contributed by atoms with van der Waals surface area (Å²) in [5.41, 5.74) is 0.657. The minimum absolute atomic E-state index is 0.0503. The van der Waals surface area contributed by atoms with Crippen molar-refractivity contribution in [3.05, 3.63) is 41.4 Å². The van der Waals surface area contributed by atoms with Crippen LogP contribution in [0.3, 0.4) is 0 Å². The van der Waals surface area contributed by atoms with Crippen molar-refractivity contribution in [1.82, 2.24) is 15.0 Å². The molecule has 0 aliphatic carbocycles. The standard InChI is InChI=1S/C17H20N4O3/c1-12-10-15(20-24-12)19-16(22)14-11-13(6-7-18-14)17(23)21-8-4-2-3-5-9-21/h6-7,10-11H,2-5,8-9H2,1H3,(H,19,20,22). The van der Waals surface area contributed by atoms with E-state index in [4.69, 9.17) is 4.52 Å². The van der Waals surface area contributed by atoms with Gasteiger partial charge in [-0.15, -0.1) is 0 Å². The number of carbonyl (C=O) groups excluding carboxylic acids is 2. The Bertz CT molecular complexity index is 733. The normalized spacial score (nSPS) is 15.0. The highest BCUT2D eigenvalue weighted by Gasteiger charge is 2.19. The van der Waals surface area contributed by atoms with E-state index in [2.05, 4.69) is 15.5 Å². The maximum atomic E-state index is 12.6. The first-order valence-electron chi connectivity index (χ1n) is 8.13. The molecule has 1 aliphatic heterocycles. The SMILES string of the molecule is Cc1cc(NC(=O)c2cc(C(=O)N3CCCCCC3)ccn2)no1. The minimum Gasteiger partial charge on any atom is -0.360 e. The number of nitrogens with zero attached hydrogens (tertiary/aromatic N) is 3. The molecule has 24 heavy (non-hydrogen) atoms.